The summed E-state index contributed by atoms with van der Waals surface area (Å²) in [6.45, 7) is 4.06. The monoisotopic (exact) mass is 184 g/mol. The summed E-state index contributed by atoms with van der Waals surface area (Å²) in [5, 5.41) is 2.86. The maximum absolute atomic E-state index is 11.1. The lowest BCUT2D eigenvalue weighted by molar-refractivity contribution is -0.119. The van der Waals surface area contributed by atoms with E-state index >= 15 is 0 Å². The predicted octanol–water partition coefficient (Wildman–Crippen LogP) is 0.0225. The average molecular weight is 184 g/mol. The molecule has 0 bridgehead atoms. The molecule has 0 aromatic heterocycles. The quantitative estimate of drug-likeness (QED) is 0.649. The topological polar surface area (TPSA) is 72.2 Å². The van der Waals surface area contributed by atoms with Gasteiger partial charge in [0.1, 0.15) is 0 Å². The number of nitrogens with two attached hydrogens (primary N) is 1. The number of nitrogens with one attached hydrogen (secondary N) is 1. The molecule has 4 nitrogen and oxygen atoms in total. The average Bonchev–Trinajstić information content (AvgIpc) is 2.29. The van der Waals surface area contributed by atoms with Crippen molar-refractivity contribution in [3.05, 3.63) is 0 Å². The van der Waals surface area contributed by atoms with Gasteiger partial charge in [0, 0.05) is 18.9 Å². The summed E-state index contributed by atoms with van der Waals surface area (Å²) in [5.74, 6) is 0.151. The van der Waals surface area contributed by atoms with Gasteiger partial charge in [0.2, 0.25) is 11.8 Å². The van der Waals surface area contributed by atoms with Crippen molar-refractivity contribution in [1.82, 2.24) is 5.32 Å². The molecule has 0 aromatic carbocycles. The van der Waals surface area contributed by atoms with Crippen LogP contribution in [0.25, 0.3) is 0 Å². The van der Waals surface area contributed by atoms with Crippen molar-refractivity contribution in [2.75, 3.05) is 0 Å². The summed E-state index contributed by atoms with van der Waals surface area (Å²) in [4.78, 5) is 21.8. The normalized spacial score (nSPS) is 27.8. The van der Waals surface area contributed by atoms with Crippen LogP contribution >= 0.6 is 0 Å². The van der Waals surface area contributed by atoms with Crippen molar-refractivity contribution in [2.24, 2.45) is 17.6 Å². The molecule has 0 unspecified atom stereocenters. The lowest BCUT2D eigenvalue weighted by Crippen LogP contribution is -2.35. The number of amides is 2. The van der Waals surface area contributed by atoms with Gasteiger partial charge in [0.25, 0.3) is 0 Å². The Hall–Kier alpha value is -1.06. The highest BCUT2D eigenvalue weighted by atomic mass is 16.2. The molecule has 1 saturated heterocycles. The molecule has 74 valence electrons. The van der Waals surface area contributed by atoms with Gasteiger partial charge < -0.3 is 11.1 Å². The van der Waals surface area contributed by atoms with E-state index in [0.717, 1.165) is 0 Å². The minimum Gasteiger partial charge on any atom is -0.370 e. The SMILES string of the molecule is CC(C)[C@@H]1NC(=O)C[C@@H]1CC(N)=O. The van der Waals surface area contributed by atoms with Gasteiger partial charge in [-0.1, -0.05) is 13.8 Å². The van der Waals surface area contributed by atoms with E-state index in [0.29, 0.717) is 18.8 Å². The molecule has 0 spiro atoms. The zero-order chi connectivity index (χ0) is 10.0. The third kappa shape index (κ3) is 2.44. The third-order valence-electron chi connectivity index (χ3n) is 2.46. The van der Waals surface area contributed by atoms with Gasteiger partial charge in [-0.2, -0.15) is 0 Å². The van der Waals surface area contributed by atoms with Gasteiger partial charge in [-0.3, -0.25) is 9.59 Å². The highest BCUT2D eigenvalue weighted by Crippen LogP contribution is 2.25. The summed E-state index contributed by atoms with van der Waals surface area (Å²) in [6.07, 6.45) is 0.743. The van der Waals surface area contributed by atoms with E-state index in [1.165, 1.54) is 0 Å². The highest BCUT2D eigenvalue weighted by molar-refractivity contribution is 5.81. The van der Waals surface area contributed by atoms with Crippen molar-refractivity contribution in [3.63, 3.8) is 0 Å². The van der Waals surface area contributed by atoms with E-state index in [4.69, 9.17) is 5.73 Å². The smallest absolute Gasteiger partial charge is 0.220 e. The Balaban J connectivity index is 2.60. The fourth-order valence-corrected chi connectivity index (χ4v) is 1.90. The first-order chi connectivity index (χ1) is 6.00. The summed E-state index contributed by atoms with van der Waals surface area (Å²) in [7, 11) is 0. The summed E-state index contributed by atoms with van der Waals surface area (Å²) >= 11 is 0. The fourth-order valence-electron chi connectivity index (χ4n) is 1.90. The Labute approximate surface area is 77.9 Å². The molecule has 1 aliphatic rings. The van der Waals surface area contributed by atoms with E-state index in [9.17, 15) is 9.59 Å². The van der Waals surface area contributed by atoms with Gasteiger partial charge >= 0.3 is 0 Å². The number of rotatable bonds is 3. The van der Waals surface area contributed by atoms with Gasteiger partial charge in [0.15, 0.2) is 0 Å². The fraction of sp³-hybridized carbons (Fsp3) is 0.778. The van der Waals surface area contributed by atoms with Crippen LogP contribution < -0.4 is 11.1 Å². The number of hydrogen-bond donors (Lipinski definition) is 2. The van der Waals surface area contributed by atoms with Crippen LogP contribution in [0.5, 0.6) is 0 Å². The summed E-state index contributed by atoms with van der Waals surface area (Å²) < 4.78 is 0. The first-order valence-electron chi connectivity index (χ1n) is 4.58. The Kier molecular flexibility index (Phi) is 2.90. The number of carbonyl (C=O) groups is 2. The van der Waals surface area contributed by atoms with Crippen molar-refractivity contribution in [2.45, 2.75) is 32.7 Å². The molecule has 2 amide bonds. The molecule has 0 saturated carbocycles. The lowest BCUT2D eigenvalue weighted by atomic mass is 9.89. The van der Waals surface area contributed by atoms with Gasteiger partial charge in [0.05, 0.1) is 0 Å². The standard InChI is InChI=1S/C9H16N2O2/c1-5(2)9-6(3-7(10)12)4-8(13)11-9/h5-6,9H,3-4H2,1-2H3,(H2,10,12)(H,11,13)/t6-,9-/m0/s1. The van der Waals surface area contributed by atoms with Crippen LogP contribution in [0.1, 0.15) is 26.7 Å². The molecule has 2 atom stereocenters. The largest absolute Gasteiger partial charge is 0.370 e. The maximum Gasteiger partial charge on any atom is 0.220 e. The molecule has 4 heteroatoms. The van der Waals surface area contributed by atoms with E-state index in [2.05, 4.69) is 5.32 Å². The molecule has 1 rings (SSSR count). The van der Waals surface area contributed by atoms with Crippen LogP contribution in [0.15, 0.2) is 0 Å². The number of hydrogen-bond acceptors (Lipinski definition) is 2. The molecule has 1 heterocycles. The lowest BCUT2D eigenvalue weighted by Gasteiger charge is -2.20. The van der Waals surface area contributed by atoms with E-state index in [1.54, 1.807) is 0 Å². The molecule has 1 aliphatic heterocycles. The van der Waals surface area contributed by atoms with E-state index in [1.807, 2.05) is 13.8 Å². The molecule has 13 heavy (non-hydrogen) atoms. The Bertz CT molecular complexity index is 226. The van der Waals surface area contributed by atoms with Crippen LogP contribution in [-0.2, 0) is 9.59 Å². The zero-order valence-corrected chi connectivity index (χ0v) is 8.04. The Morgan fingerprint density at radius 1 is 1.69 bits per heavy atom. The van der Waals surface area contributed by atoms with Crippen molar-refractivity contribution < 1.29 is 9.59 Å². The first kappa shape index (κ1) is 10.0. The molecular weight excluding hydrogens is 168 g/mol. The minimum absolute atomic E-state index is 0.0324. The predicted molar refractivity (Wildman–Crippen MR) is 48.7 cm³/mol. The van der Waals surface area contributed by atoms with Crippen LogP contribution in [0.4, 0.5) is 0 Å². The van der Waals surface area contributed by atoms with Gasteiger partial charge in [-0.05, 0) is 11.8 Å². The van der Waals surface area contributed by atoms with E-state index in [-0.39, 0.29) is 23.8 Å². The second-order valence-corrected chi connectivity index (χ2v) is 3.97. The Morgan fingerprint density at radius 2 is 2.31 bits per heavy atom. The maximum atomic E-state index is 11.1. The van der Waals surface area contributed by atoms with Gasteiger partial charge in [-0.15, -0.1) is 0 Å². The van der Waals surface area contributed by atoms with Gasteiger partial charge in [-0.25, -0.2) is 0 Å². The molecule has 0 aromatic rings. The molecular formula is C9H16N2O2. The van der Waals surface area contributed by atoms with E-state index < -0.39 is 0 Å². The Morgan fingerprint density at radius 3 is 2.77 bits per heavy atom. The number of carbonyl (C=O) groups excluding carboxylic acids is 2. The summed E-state index contributed by atoms with van der Waals surface area (Å²) in [6, 6.07) is 0.111. The zero-order valence-electron chi connectivity index (χ0n) is 8.04. The second-order valence-electron chi connectivity index (χ2n) is 3.97. The minimum atomic E-state index is -0.327. The van der Waals surface area contributed by atoms with Crippen molar-refractivity contribution >= 4 is 11.8 Å². The van der Waals surface area contributed by atoms with Crippen LogP contribution in [0.3, 0.4) is 0 Å². The highest BCUT2D eigenvalue weighted by Gasteiger charge is 2.34. The van der Waals surface area contributed by atoms with Crippen molar-refractivity contribution in [3.8, 4) is 0 Å². The van der Waals surface area contributed by atoms with Crippen LogP contribution in [-0.4, -0.2) is 17.9 Å². The molecule has 0 aliphatic carbocycles. The van der Waals surface area contributed by atoms with Crippen LogP contribution in [0.2, 0.25) is 0 Å². The molecule has 3 N–H and O–H groups in total. The van der Waals surface area contributed by atoms with Crippen LogP contribution in [0, 0.1) is 11.8 Å². The number of primary amides is 1. The van der Waals surface area contributed by atoms with Crippen molar-refractivity contribution in [1.29, 1.82) is 0 Å². The molecule has 1 fully saturated rings. The summed E-state index contributed by atoms with van der Waals surface area (Å²) in [5.41, 5.74) is 5.10. The second kappa shape index (κ2) is 3.77. The third-order valence-corrected chi connectivity index (χ3v) is 2.46. The first-order valence-corrected chi connectivity index (χ1v) is 4.58. The molecule has 0 radical (unpaired) electrons.